The van der Waals surface area contributed by atoms with Gasteiger partial charge in [0, 0.05) is 23.9 Å². The van der Waals surface area contributed by atoms with Crippen LogP contribution in [0.3, 0.4) is 0 Å². The molecule has 1 aromatic carbocycles. The maximum atomic E-state index is 12.8. The normalized spacial score (nSPS) is 12.1. The van der Waals surface area contributed by atoms with Crippen molar-refractivity contribution in [2.75, 3.05) is 5.32 Å². The largest absolute Gasteiger partial charge is 0.465 e. The van der Waals surface area contributed by atoms with Gasteiger partial charge in [-0.25, -0.2) is 19.2 Å². The summed E-state index contributed by atoms with van der Waals surface area (Å²) in [5, 5.41) is 11.8. The van der Waals surface area contributed by atoms with E-state index >= 15 is 0 Å². The molecular weight excluding hydrogens is 367 g/mol. The summed E-state index contributed by atoms with van der Waals surface area (Å²) in [6.07, 6.45) is 2.85. The SMILES string of the molecule is CC(c1ccc(Cl)c(Cl)c1)c1cnc2ncc(NC(=O)O)cn2c1=O. The monoisotopic (exact) mass is 378 g/mol. The second kappa shape index (κ2) is 6.70. The van der Waals surface area contributed by atoms with Crippen molar-refractivity contribution in [2.45, 2.75) is 12.8 Å². The molecule has 0 fully saturated rings. The Balaban J connectivity index is 2.09. The van der Waals surface area contributed by atoms with Gasteiger partial charge in [0.25, 0.3) is 5.56 Å². The van der Waals surface area contributed by atoms with E-state index in [4.69, 9.17) is 28.3 Å². The molecular formula is C16H12Cl2N4O3. The van der Waals surface area contributed by atoms with Crippen molar-refractivity contribution < 1.29 is 9.90 Å². The number of aromatic nitrogens is 3. The van der Waals surface area contributed by atoms with Crippen LogP contribution in [0.15, 0.2) is 41.6 Å². The van der Waals surface area contributed by atoms with Crippen LogP contribution in [0.5, 0.6) is 0 Å². The minimum Gasteiger partial charge on any atom is -0.465 e. The van der Waals surface area contributed by atoms with Crippen LogP contribution in [-0.4, -0.2) is 25.6 Å². The number of amides is 1. The van der Waals surface area contributed by atoms with Crippen LogP contribution in [0.1, 0.15) is 24.0 Å². The summed E-state index contributed by atoms with van der Waals surface area (Å²) >= 11 is 12.0. The molecule has 0 spiro atoms. The highest BCUT2D eigenvalue weighted by atomic mass is 35.5. The van der Waals surface area contributed by atoms with E-state index in [1.165, 1.54) is 23.0 Å². The molecule has 9 heteroatoms. The van der Waals surface area contributed by atoms with Crippen LogP contribution < -0.4 is 10.9 Å². The molecule has 0 aliphatic rings. The lowest BCUT2D eigenvalue weighted by atomic mass is 9.95. The molecule has 3 aromatic rings. The van der Waals surface area contributed by atoms with Gasteiger partial charge in [0.15, 0.2) is 0 Å². The molecule has 3 rings (SSSR count). The minimum atomic E-state index is -1.25. The van der Waals surface area contributed by atoms with E-state index in [0.29, 0.717) is 15.6 Å². The molecule has 0 aliphatic carbocycles. The van der Waals surface area contributed by atoms with Crippen molar-refractivity contribution >= 4 is 40.8 Å². The first kappa shape index (κ1) is 17.2. The number of benzene rings is 1. The van der Waals surface area contributed by atoms with Crippen LogP contribution in [0, 0.1) is 0 Å². The van der Waals surface area contributed by atoms with Crippen molar-refractivity contribution in [1.29, 1.82) is 0 Å². The van der Waals surface area contributed by atoms with Crippen LogP contribution >= 0.6 is 23.2 Å². The fraction of sp³-hybridized carbons (Fsp3) is 0.125. The molecule has 0 saturated heterocycles. The van der Waals surface area contributed by atoms with E-state index in [0.717, 1.165) is 5.56 Å². The number of halogens is 2. The zero-order valence-corrected chi connectivity index (χ0v) is 14.4. The van der Waals surface area contributed by atoms with Gasteiger partial charge in [0.05, 0.1) is 21.9 Å². The number of carbonyl (C=O) groups is 1. The summed E-state index contributed by atoms with van der Waals surface area (Å²) in [5.41, 5.74) is 1.06. The highest BCUT2D eigenvalue weighted by Crippen LogP contribution is 2.28. The highest BCUT2D eigenvalue weighted by molar-refractivity contribution is 6.42. The second-order valence-electron chi connectivity index (χ2n) is 5.36. The van der Waals surface area contributed by atoms with E-state index in [9.17, 15) is 9.59 Å². The first-order valence-corrected chi connectivity index (χ1v) is 7.94. The van der Waals surface area contributed by atoms with Gasteiger partial charge < -0.3 is 5.11 Å². The summed E-state index contributed by atoms with van der Waals surface area (Å²) in [5.74, 6) is -0.117. The lowest BCUT2D eigenvalue weighted by Crippen LogP contribution is -2.22. The first-order valence-electron chi connectivity index (χ1n) is 7.19. The molecule has 2 N–H and O–H groups in total. The quantitative estimate of drug-likeness (QED) is 0.724. The zero-order valence-electron chi connectivity index (χ0n) is 12.9. The molecule has 25 heavy (non-hydrogen) atoms. The number of carboxylic acid groups (broad SMARTS) is 1. The number of anilines is 1. The molecule has 1 atom stereocenters. The van der Waals surface area contributed by atoms with E-state index in [1.807, 2.05) is 6.92 Å². The van der Waals surface area contributed by atoms with Crippen molar-refractivity contribution in [3.05, 3.63) is 68.3 Å². The molecule has 0 radical (unpaired) electrons. The maximum absolute atomic E-state index is 12.8. The third kappa shape index (κ3) is 3.42. The Bertz CT molecular complexity index is 1040. The Kier molecular flexibility index (Phi) is 4.61. The Morgan fingerprint density at radius 2 is 1.96 bits per heavy atom. The average molecular weight is 379 g/mol. The van der Waals surface area contributed by atoms with Crippen molar-refractivity contribution in [2.24, 2.45) is 0 Å². The maximum Gasteiger partial charge on any atom is 0.409 e. The van der Waals surface area contributed by atoms with Crippen LogP contribution in [-0.2, 0) is 0 Å². The van der Waals surface area contributed by atoms with Gasteiger partial charge in [-0.3, -0.25) is 10.1 Å². The molecule has 0 bridgehead atoms. The first-order chi connectivity index (χ1) is 11.9. The fourth-order valence-electron chi connectivity index (χ4n) is 2.43. The molecule has 0 saturated carbocycles. The van der Waals surface area contributed by atoms with Gasteiger partial charge in [-0.05, 0) is 17.7 Å². The fourth-order valence-corrected chi connectivity index (χ4v) is 2.74. The number of nitrogens with one attached hydrogen (secondary N) is 1. The van der Waals surface area contributed by atoms with Crippen molar-refractivity contribution in [3.63, 3.8) is 0 Å². The number of hydrogen-bond donors (Lipinski definition) is 2. The lowest BCUT2D eigenvalue weighted by molar-refractivity contribution is 0.209. The van der Waals surface area contributed by atoms with Gasteiger partial charge in [-0.1, -0.05) is 36.2 Å². The van der Waals surface area contributed by atoms with Crippen LogP contribution in [0.25, 0.3) is 5.78 Å². The second-order valence-corrected chi connectivity index (χ2v) is 6.17. The lowest BCUT2D eigenvalue weighted by Gasteiger charge is -2.13. The van der Waals surface area contributed by atoms with Crippen LogP contribution in [0.4, 0.5) is 10.5 Å². The predicted octanol–water partition coefficient (Wildman–Crippen LogP) is 3.64. The third-order valence-electron chi connectivity index (χ3n) is 3.75. The predicted molar refractivity (Wildman–Crippen MR) is 94.9 cm³/mol. The summed E-state index contributed by atoms with van der Waals surface area (Å²) in [4.78, 5) is 31.7. The molecule has 2 aromatic heterocycles. The topological polar surface area (TPSA) is 96.6 Å². The Morgan fingerprint density at radius 1 is 1.24 bits per heavy atom. The van der Waals surface area contributed by atoms with Crippen LogP contribution in [0.2, 0.25) is 10.0 Å². The summed E-state index contributed by atoms with van der Waals surface area (Å²) in [6, 6.07) is 5.15. The third-order valence-corrected chi connectivity index (χ3v) is 4.49. The van der Waals surface area contributed by atoms with E-state index in [2.05, 4.69) is 15.3 Å². The Hall–Kier alpha value is -2.64. The van der Waals surface area contributed by atoms with E-state index in [1.54, 1.807) is 18.2 Å². The standard InChI is InChI=1S/C16H12Cl2N4O3/c1-8(9-2-3-12(17)13(18)4-9)11-6-20-15-19-5-10(21-16(24)25)7-22(15)14(11)23/h2-8,21H,1H3,(H,24,25). The Labute approximate surface area is 151 Å². The van der Waals surface area contributed by atoms with Crippen molar-refractivity contribution in [3.8, 4) is 0 Å². The van der Waals surface area contributed by atoms with Gasteiger partial charge in [-0.15, -0.1) is 0 Å². The summed E-state index contributed by atoms with van der Waals surface area (Å²) < 4.78 is 1.20. The Morgan fingerprint density at radius 3 is 2.64 bits per heavy atom. The van der Waals surface area contributed by atoms with Crippen molar-refractivity contribution in [1.82, 2.24) is 14.4 Å². The van der Waals surface area contributed by atoms with Gasteiger partial charge in [-0.2, -0.15) is 0 Å². The summed E-state index contributed by atoms with van der Waals surface area (Å²) in [7, 11) is 0. The van der Waals surface area contributed by atoms with Gasteiger partial charge >= 0.3 is 6.09 Å². The van der Waals surface area contributed by atoms with Gasteiger partial charge in [0.1, 0.15) is 0 Å². The molecule has 0 aliphatic heterocycles. The highest BCUT2D eigenvalue weighted by Gasteiger charge is 2.16. The minimum absolute atomic E-state index is 0.170. The summed E-state index contributed by atoms with van der Waals surface area (Å²) in [6.45, 7) is 1.84. The number of fused-ring (bicyclic) bond motifs is 1. The van der Waals surface area contributed by atoms with E-state index in [-0.39, 0.29) is 22.9 Å². The molecule has 2 heterocycles. The molecule has 7 nitrogen and oxygen atoms in total. The number of nitrogens with zero attached hydrogens (tertiary/aromatic N) is 3. The number of rotatable bonds is 3. The zero-order chi connectivity index (χ0) is 18.1. The molecule has 1 unspecified atom stereocenters. The molecule has 128 valence electrons. The van der Waals surface area contributed by atoms with E-state index < -0.39 is 6.09 Å². The smallest absolute Gasteiger partial charge is 0.409 e. The average Bonchev–Trinajstić information content (AvgIpc) is 2.57. The molecule has 1 amide bonds. The number of hydrogen-bond acceptors (Lipinski definition) is 4. The van der Waals surface area contributed by atoms with Gasteiger partial charge in [0.2, 0.25) is 5.78 Å².